The zero-order valence-corrected chi connectivity index (χ0v) is 36.8. The van der Waals surface area contributed by atoms with Crippen molar-refractivity contribution in [3.8, 4) is 0 Å². The van der Waals surface area contributed by atoms with E-state index in [0.717, 1.165) is 21.1 Å². The molecule has 0 aliphatic rings. The van der Waals surface area contributed by atoms with Crippen LogP contribution < -0.4 is 66.3 Å². The highest BCUT2D eigenvalue weighted by Crippen LogP contribution is 2.10. The third-order valence-corrected chi connectivity index (χ3v) is 9.44. The van der Waals surface area contributed by atoms with Crippen LogP contribution in [0.4, 0.5) is 0 Å². The van der Waals surface area contributed by atoms with Crippen LogP contribution in [-0.2, 0) is 57.4 Å². The fourth-order valence-corrected chi connectivity index (χ4v) is 5.97. The SMILES string of the molecule is COC(=O)CCC(NC(C)=O)C(=O)NC(CCC(=O)OC)C(=O)NC(CCSC)C(=O)NC(CCC(N)=O)C(=O)NC(CCCN=C(N)N)C(=O)NC(CCCN=C(N)N)C(N)=O. The molecule has 0 radical (unpaired) electrons. The first-order chi connectivity index (χ1) is 29.6. The van der Waals surface area contributed by atoms with E-state index in [4.69, 9.17) is 34.4 Å². The number of methoxy groups -OCH3 is 2. The van der Waals surface area contributed by atoms with Gasteiger partial charge in [0.05, 0.1) is 14.2 Å². The molecule has 0 saturated heterocycles. The summed E-state index contributed by atoms with van der Waals surface area (Å²) in [6.45, 7) is 1.30. The zero-order chi connectivity index (χ0) is 48.1. The standard InChI is InChI=1S/C36H64N14O12S/c1-19(51)45-22(10-13-27(53)61-2)31(57)49-24(11-14-28(54)62-3)33(59)50-25(15-18-63-4)34(60)48-23(9-12-26(37)52)32(58)47-21(8-6-17-44-36(41)42)30(56)46-20(29(38)55)7-5-16-43-35(39)40/h20-25H,5-18H2,1-4H3,(H2,37,52)(H2,38,55)(H,45,51)(H,46,56)(H,47,58)(H,48,60)(H,49,57)(H,50,59)(H4,39,40,43)(H4,41,42,44). The van der Waals surface area contributed by atoms with Gasteiger partial charge >= 0.3 is 11.9 Å². The van der Waals surface area contributed by atoms with Crippen molar-refractivity contribution < 1.29 is 57.4 Å². The number of nitrogens with zero attached hydrogens (tertiary/aromatic N) is 2. The molecule has 0 fully saturated rings. The minimum Gasteiger partial charge on any atom is -0.469 e. The van der Waals surface area contributed by atoms with E-state index in [0.29, 0.717) is 5.75 Å². The molecule has 0 aliphatic carbocycles. The third-order valence-electron chi connectivity index (χ3n) is 8.80. The van der Waals surface area contributed by atoms with Gasteiger partial charge in [-0.1, -0.05) is 0 Å². The van der Waals surface area contributed by atoms with Gasteiger partial charge in [0, 0.05) is 39.3 Å². The molecule has 18 N–H and O–H groups in total. The van der Waals surface area contributed by atoms with Crippen molar-refractivity contribution in [3.05, 3.63) is 0 Å². The van der Waals surface area contributed by atoms with E-state index in [1.807, 2.05) is 0 Å². The van der Waals surface area contributed by atoms with Crippen molar-refractivity contribution >= 4 is 82.9 Å². The summed E-state index contributed by atoms with van der Waals surface area (Å²) in [7, 11) is 2.25. The van der Waals surface area contributed by atoms with E-state index in [-0.39, 0.29) is 89.2 Å². The average Bonchev–Trinajstić information content (AvgIpc) is 3.21. The second-order valence-electron chi connectivity index (χ2n) is 13.9. The maximum absolute atomic E-state index is 13.9. The van der Waals surface area contributed by atoms with Gasteiger partial charge in [0.15, 0.2) is 11.9 Å². The monoisotopic (exact) mass is 916 g/mol. The molecule has 0 bridgehead atoms. The number of carbonyl (C=O) groups excluding carboxylic acids is 10. The second kappa shape index (κ2) is 31.4. The number of guanidine groups is 2. The quantitative estimate of drug-likeness (QED) is 0.0130. The zero-order valence-electron chi connectivity index (χ0n) is 36.0. The summed E-state index contributed by atoms with van der Waals surface area (Å²) in [4.78, 5) is 136. The molecule has 0 aromatic rings. The van der Waals surface area contributed by atoms with Gasteiger partial charge in [0.25, 0.3) is 0 Å². The highest BCUT2D eigenvalue weighted by atomic mass is 32.2. The smallest absolute Gasteiger partial charge is 0.305 e. The number of primary amides is 2. The number of hydrogen-bond acceptors (Lipinski definition) is 15. The number of hydrogen-bond donors (Lipinski definition) is 12. The second-order valence-corrected chi connectivity index (χ2v) is 14.9. The lowest BCUT2D eigenvalue weighted by atomic mass is 10.0. The topological polar surface area (TPSA) is 442 Å². The lowest BCUT2D eigenvalue weighted by Crippen LogP contribution is -2.59. The lowest BCUT2D eigenvalue weighted by molar-refractivity contribution is -0.142. The average molecular weight is 917 g/mol. The first-order valence-electron chi connectivity index (χ1n) is 19.7. The van der Waals surface area contributed by atoms with Crippen molar-refractivity contribution in [2.24, 2.45) is 44.4 Å². The van der Waals surface area contributed by atoms with Crippen LogP contribution >= 0.6 is 11.8 Å². The van der Waals surface area contributed by atoms with Crippen LogP contribution in [0.15, 0.2) is 9.98 Å². The van der Waals surface area contributed by atoms with Crippen LogP contribution in [-0.4, -0.2) is 147 Å². The minimum absolute atomic E-state index is 0.0261. The van der Waals surface area contributed by atoms with Crippen molar-refractivity contribution in [1.29, 1.82) is 0 Å². The number of carbonyl (C=O) groups is 10. The summed E-state index contributed by atoms with van der Waals surface area (Å²) in [5.41, 5.74) is 32.4. The maximum atomic E-state index is 13.9. The van der Waals surface area contributed by atoms with E-state index in [1.165, 1.54) is 11.8 Å². The summed E-state index contributed by atoms with van der Waals surface area (Å²) >= 11 is 1.31. The molecular formula is C36H64N14O12S. The van der Waals surface area contributed by atoms with Crippen LogP contribution in [0.2, 0.25) is 0 Å². The predicted octanol–water partition coefficient (Wildman–Crippen LogP) is -5.57. The summed E-state index contributed by atoms with van der Waals surface area (Å²) in [5, 5.41) is 14.9. The van der Waals surface area contributed by atoms with Crippen LogP contribution in [0, 0.1) is 0 Å². The number of aliphatic imine (C=N–C) groups is 2. The molecule has 8 amide bonds. The summed E-state index contributed by atoms with van der Waals surface area (Å²) < 4.78 is 9.28. The molecule has 6 unspecified atom stereocenters. The van der Waals surface area contributed by atoms with Crippen molar-refractivity contribution in [3.63, 3.8) is 0 Å². The number of amides is 8. The van der Waals surface area contributed by atoms with Gasteiger partial charge in [-0.05, 0) is 63.4 Å². The highest BCUT2D eigenvalue weighted by Gasteiger charge is 2.33. The Morgan fingerprint density at radius 3 is 1.16 bits per heavy atom. The van der Waals surface area contributed by atoms with E-state index in [9.17, 15) is 47.9 Å². The van der Waals surface area contributed by atoms with Gasteiger partial charge in [-0.25, -0.2) is 0 Å². The van der Waals surface area contributed by atoms with Crippen LogP contribution in [0.25, 0.3) is 0 Å². The molecule has 0 heterocycles. The molecule has 0 spiro atoms. The van der Waals surface area contributed by atoms with Gasteiger partial charge in [0.2, 0.25) is 47.3 Å². The Morgan fingerprint density at radius 1 is 0.492 bits per heavy atom. The number of thioether (sulfide) groups is 1. The number of esters is 2. The highest BCUT2D eigenvalue weighted by molar-refractivity contribution is 7.98. The molecule has 356 valence electrons. The molecule has 63 heavy (non-hydrogen) atoms. The third kappa shape index (κ3) is 25.8. The van der Waals surface area contributed by atoms with Crippen molar-refractivity contribution in [2.75, 3.05) is 39.3 Å². The molecule has 27 heteroatoms. The molecule has 0 saturated carbocycles. The Morgan fingerprint density at radius 2 is 0.825 bits per heavy atom. The number of nitrogens with one attached hydrogen (secondary N) is 6. The minimum atomic E-state index is -1.53. The lowest BCUT2D eigenvalue weighted by Gasteiger charge is -2.27. The van der Waals surface area contributed by atoms with Gasteiger partial charge in [-0.3, -0.25) is 57.9 Å². The van der Waals surface area contributed by atoms with Gasteiger partial charge in [-0.15, -0.1) is 0 Å². The molecule has 6 atom stereocenters. The first kappa shape index (κ1) is 56.6. The molecule has 0 rings (SSSR count). The largest absolute Gasteiger partial charge is 0.469 e. The predicted molar refractivity (Wildman–Crippen MR) is 230 cm³/mol. The summed E-state index contributed by atoms with van der Waals surface area (Å²) in [5.74, 6) is -8.41. The molecule has 0 aliphatic heterocycles. The van der Waals surface area contributed by atoms with E-state index < -0.39 is 102 Å². The van der Waals surface area contributed by atoms with Gasteiger partial charge < -0.3 is 75.8 Å². The van der Waals surface area contributed by atoms with Crippen LogP contribution in [0.5, 0.6) is 0 Å². The maximum Gasteiger partial charge on any atom is 0.305 e. The van der Waals surface area contributed by atoms with E-state index in [1.54, 1.807) is 6.26 Å². The number of nitrogens with two attached hydrogens (primary N) is 6. The van der Waals surface area contributed by atoms with Gasteiger partial charge in [0.1, 0.15) is 36.3 Å². The van der Waals surface area contributed by atoms with Crippen molar-refractivity contribution in [2.45, 2.75) is 114 Å². The number of ether oxygens (including phenoxy) is 2. The summed E-state index contributed by atoms with van der Waals surface area (Å²) in [6, 6.07) is -8.26. The fourth-order valence-electron chi connectivity index (χ4n) is 5.49. The normalized spacial score (nSPS) is 13.4. The summed E-state index contributed by atoms with van der Waals surface area (Å²) in [6.07, 6.45) is 0.107. The molecule has 26 nitrogen and oxygen atoms in total. The van der Waals surface area contributed by atoms with Crippen molar-refractivity contribution in [1.82, 2.24) is 31.9 Å². The molecular weight excluding hydrogens is 853 g/mol. The fraction of sp³-hybridized carbons (Fsp3) is 0.667. The Hall–Kier alpha value is -6.41. The molecule has 0 aromatic heterocycles. The Balaban J connectivity index is 6.59. The van der Waals surface area contributed by atoms with E-state index >= 15 is 0 Å². The van der Waals surface area contributed by atoms with Crippen LogP contribution in [0.1, 0.15) is 77.6 Å². The molecule has 0 aromatic carbocycles. The number of rotatable bonds is 32. The Bertz CT molecular complexity index is 1640. The Labute approximate surface area is 369 Å². The first-order valence-corrected chi connectivity index (χ1v) is 21.1. The van der Waals surface area contributed by atoms with Crippen LogP contribution in [0.3, 0.4) is 0 Å². The van der Waals surface area contributed by atoms with Gasteiger partial charge in [-0.2, -0.15) is 11.8 Å². The Kier molecular flexibility index (Phi) is 28.2. The van der Waals surface area contributed by atoms with E-state index in [2.05, 4.69) is 51.4 Å².